The second-order valence-electron chi connectivity index (χ2n) is 5.48. The molecule has 1 saturated heterocycles. The summed E-state index contributed by atoms with van der Waals surface area (Å²) in [6, 6.07) is 0.930. The topological polar surface area (TPSA) is 24.5 Å². The van der Waals surface area contributed by atoms with Crippen molar-refractivity contribution in [1.82, 2.24) is 10.2 Å². The summed E-state index contributed by atoms with van der Waals surface area (Å²) in [5, 5.41) is 3.55. The van der Waals surface area contributed by atoms with Gasteiger partial charge in [0.2, 0.25) is 0 Å². The monoisotopic (exact) mass is 240 g/mol. The maximum Gasteiger partial charge on any atom is 0.0466 e. The summed E-state index contributed by atoms with van der Waals surface area (Å²) in [7, 11) is 0. The zero-order chi connectivity index (χ0) is 11.9. The van der Waals surface area contributed by atoms with E-state index in [9.17, 15) is 0 Å². The van der Waals surface area contributed by atoms with Crippen molar-refractivity contribution in [1.29, 1.82) is 0 Å². The van der Waals surface area contributed by atoms with E-state index in [-0.39, 0.29) is 0 Å². The fraction of sp³-hybridized carbons (Fsp3) is 1.00. The molecule has 1 aliphatic carbocycles. The summed E-state index contributed by atoms with van der Waals surface area (Å²) in [5.74, 6) is 1.03. The van der Waals surface area contributed by atoms with Crippen LogP contribution in [0.1, 0.15) is 39.0 Å². The third-order valence-corrected chi connectivity index (χ3v) is 4.19. The molecule has 0 amide bonds. The first-order valence-electron chi connectivity index (χ1n) is 7.42. The molecule has 100 valence electrons. The van der Waals surface area contributed by atoms with Crippen LogP contribution in [0, 0.1) is 5.92 Å². The van der Waals surface area contributed by atoms with Gasteiger partial charge in [0.15, 0.2) is 0 Å². The SMILES string of the molecule is CCOCCCCNCCN1CC2CCC1C2. The highest BCUT2D eigenvalue weighted by atomic mass is 16.5. The number of hydrogen-bond acceptors (Lipinski definition) is 3. The molecule has 1 saturated carbocycles. The van der Waals surface area contributed by atoms with Gasteiger partial charge in [0.05, 0.1) is 0 Å². The first-order valence-corrected chi connectivity index (χ1v) is 7.42. The van der Waals surface area contributed by atoms with Crippen molar-refractivity contribution in [2.45, 2.75) is 45.1 Å². The number of nitrogens with zero attached hydrogens (tertiary/aromatic N) is 1. The molecule has 2 rings (SSSR count). The molecule has 2 bridgehead atoms. The number of fused-ring (bicyclic) bond motifs is 2. The van der Waals surface area contributed by atoms with E-state index in [2.05, 4.69) is 17.1 Å². The second-order valence-corrected chi connectivity index (χ2v) is 5.48. The lowest BCUT2D eigenvalue weighted by molar-refractivity contribution is 0.143. The minimum Gasteiger partial charge on any atom is -0.382 e. The molecule has 0 aromatic rings. The average molecular weight is 240 g/mol. The summed E-state index contributed by atoms with van der Waals surface area (Å²) in [6.07, 6.45) is 6.86. The molecule has 1 heterocycles. The molecule has 2 atom stereocenters. The summed E-state index contributed by atoms with van der Waals surface area (Å²) in [6.45, 7) is 8.77. The first kappa shape index (κ1) is 13.3. The standard InChI is InChI=1S/C14H28N2O/c1-2-17-10-4-3-7-15-8-9-16-12-13-5-6-14(16)11-13/h13-15H,2-12H2,1H3. The molecule has 1 N–H and O–H groups in total. The molecule has 2 aliphatic rings. The Bertz CT molecular complexity index is 210. The summed E-state index contributed by atoms with van der Waals surface area (Å²) < 4.78 is 5.32. The van der Waals surface area contributed by atoms with E-state index in [0.717, 1.165) is 38.3 Å². The van der Waals surface area contributed by atoms with Gasteiger partial charge in [-0.25, -0.2) is 0 Å². The molecule has 3 nitrogen and oxygen atoms in total. The van der Waals surface area contributed by atoms with Crippen molar-refractivity contribution in [3.63, 3.8) is 0 Å². The molecule has 2 fully saturated rings. The highest BCUT2D eigenvalue weighted by molar-refractivity contribution is 4.91. The number of rotatable bonds is 9. The molecule has 2 unspecified atom stereocenters. The summed E-state index contributed by atoms with van der Waals surface area (Å²) in [4.78, 5) is 2.70. The van der Waals surface area contributed by atoms with Crippen LogP contribution in [0.3, 0.4) is 0 Å². The Kier molecular flexibility index (Phi) is 5.75. The third-order valence-electron chi connectivity index (χ3n) is 4.19. The predicted molar refractivity (Wildman–Crippen MR) is 71.3 cm³/mol. The quantitative estimate of drug-likeness (QED) is 0.623. The van der Waals surface area contributed by atoms with Crippen LogP contribution < -0.4 is 5.32 Å². The average Bonchev–Trinajstić information content (AvgIpc) is 2.94. The van der Waals surface area contributed by atoms with E-state index >= 15 is 0 Å². The van der Waals surface area contributed by atoms with Crippen molar-refractivity contribution in [2.75, 3.05) is 39.4 Å². The molecule has 0 radical (unpaired) electrons. The van der Waals surface area contributed by atoms with Gasteiger partial charge in [-0.2, -0.15) is 0 Å². The Labute approximate surface area is 106 Å². The lowest BCUT2D eigenvalue weighted by Crippen LogP contribution is -2.37. The zero-order valence-electron chi connectivity index (χ0n) is 11.3. The fourth-order valence-electron chi connectivity index (χ4n) is 3.25. The Hall–Kier alpha value is -0.120. The van der Waals surface area contributed by atoms with Gasteiger partial charge in [0, 0.05) is 38.9 Å². The molecule has 0 spiro atoms. The fourth-order valence-corrected chi connectivity index (χ4v) is 3.25. The van der Waals surface area contributed by atoms with E-state index in [1.165, 1.54) is 45.2 Å². The van der Waals surface area contributed by atoms with E-state index < -0.39 is 0 Å². The lowest BCUT2D eigenvalue weighted by atomic mass is 10.1. The molecule has 0 aromatic carbocycles. The van der Waals surface area contributed by atoms with Gasteiger partial charge in [-0.3, -0.25) is 4.90 Å². The third kappa shape index (κ3) is 4.23. The van der Waals surface area contributed by atoms with Crippen LogP contribution in [0.15, 0.2) is 0 Å². The normalized spacial score (nSPS) is 28.1. The molecule has 0 aromatic heterocycles. The van der Waals surface area contributed by atoms with Crippen molar-refractivity contribution in [3.8, 4) is 0 Å². The Morgan fingerprint density at radius 2 is 2.18 bits per heavy atom. The minimum atomic E-state index is 0.852. The van der Waals surface area contributed by atoms with Crippen LogP contribution in [0.2, 0.25) is 0 Å². The van der Waals surface area contributed by atoms with Crippen LogP contribution >= 0.6 is 0 Å². The Morgan fingerprint density at radius 3 is 2.88 bits per heavy atom. The van der Waals surface area contributed by atoms with Crippen molar-refractivity contribution in [3.05, 3.63) is 0 Å². The maximum absolute atomic E-state index is 5.32. The van der Waals surface area contributed by atoms with Gasteiger partial charge in [-0.15, -0.1) is 0 Å². The predicted octanol–water partition coefficient (Wildman–Crippen LogP) is 1.88. The Morgan fingerprint density at radius 1 is 1.24 bits per heavy atom. The number of hydrogen-bond donors (Lipinski definition) is 1. The van der Waals surface area contributed by atoms with E-state index in [4.69, 9.17) is 4.74 Å². The highest BCUT2D eigenvalue weighted by Gasteiger charge is 2.36. The van der Waals surface area contributed by atoms with Crippen molar-refractivity contribution < 1.29 is 4.74 Å². The largest absolute Gasteiger partial charge is 0.382 e. The van der Waals surface area contributed by atoms with Crippen LogP contribution in [-0.4, -0.2) is 50.3 Å². The number of nitrogens with one attached hydrogen (secondary N) is 1. The highest BCUT2D eigenvalue weighted by Crippen LogP contribution is 2.36. The second kappa shape index (κ2) is 7.34. The number of likely N-dealkylation sites (tertiary alicyclic amines) is 1. The summed E-state index contributed by atoms with van der Waals surface area (Å²) in [5.41, 5.74) is 0. The number of piperidine rings is 1. The van der Waals surface area contributed by atoms with E-state index in [1.54, 1.807) is 0 Å². The van der Waals surface area contributed by atoms with Gasteiger partial charge >= 0.3 is 0 Å². The molecule has 1 aliphatic heterocycles. The minimum absolute atomic E-state index is 0.852. The molecular formula is C14H28N2O. The first-order chi connectivity index (χ1) is 8.40. The number of unbranched alkanes of at least 4 members (excludes halogenated alkanes) is 1. The molecule has 17 heavy (non-hydrogen) atoms. The van der Waals surface area contributed by atoms with Gasteiger partial charge < -0.3 is 10.1 Å². The maximum atomic E-state index is 5.32. The molecule has 3 heteroatoms. The zero-order valence-corrected chi connectivity index (χ0v) is 11.3. The number of ether oxygens (including phenoxy) is 1. The summed E-state index contributed by atoms with van der Waals surface area (Å²) >= 11 is 0. The lowest BCUT2D eigenvalue weighted by Gasteiger charge is -2.26. The van der Waals surface area contributed by atoms with Gasteiger partial charge in [0.25, 0.3) is 0 Å². The van der Waals surface area contributed by atoms with E-state index in [1.807, 2.05) is 0 Å². The van der Waals surface area contributed by atoms with Crippen LogP contribution in [0.5, 0.6) is 0 Å². The van der Waals surface area contributed by atoms with Crippen LogP contribution in [-0.2, 0) is 4.74 Å². The molecular weight excluding hydrogens is 212 g/mol. The van der Waals surface area contributed by atoms with Crippen LogP contribution in [0.25, 0.3) is 0 Å². The Balaban J connectivity index is 1.39. The van der Waals surface area contributed by atoms with Crippen molar-refractivity contribution in [2.24, 2.45) is 5.92 Å². The van der Waals surface area contributed by atoms with Gasteiger partial charge in [-0.1, -0.05) is 0 Å². The van der Waals surface area contributed by atoms with Gasteiger partial charge in [-0.05, 0) is 51.5 Å². The van der Waals surface area contributed by atoms with Gasteiger partial charge in [0.1, 0.15) is 0 Å². The van der Waals surface area contributed by atoms with Crippen molar-refractivity contribution >= 4 is 0 Å². The van der Waals surface area contributed by atoms with E-state index in [0.29, 0.717) is 0 Å². The smallest absolute Gasteiger partial charge is 0.0466 e. The van der Waals surface area contributed by atoms with Crippen LogP contribution in [0.4, 0.5) is 0 Å².